The number of nitrogens with one attached hydrogen (secondary N) is 1. The smallest absolute Gasteiger partial charge is 0.261 e. The molecule has 2 aromatic rings. The number of benzene rings is 1. The molecule has 1 aliphatic carbocycles. The number of nitrogens with zero attached hydrogens (tertiary/aromatic N) is 3. The Hall–Kier alpha value is -2.58. The van der Waals surface area contributed by atoms with Gasteiger partial charge in [0.05, 0.1) is 5.56 Å². The van der Waals surface area contributed by atoms with Gasteiger partial charge in [0.2, 0.25) is 0 Å². The van der Waals surface area contributed by atoms with Crippen LogP contribution in [-0.2, 0) is 0 Å². The molecule has 1 aromatic carbocycles. The molecule has 6 nitrogen and oxygen atoms in total. The number of carbonyl (C=O) groups is 2. The summed E-state index contributed by atoms with van der Waals surface area (Å²) in [5.74, 6) is 1.26. The Morgan fingerprint density at radius 1 is 1.06 bits per heavy atom. The first-order chi connectivity index (χ1) is 15.6. The highest BCUT2D eigenvalue weighted by atomic mass is 79.9. The third kappa shape index (κ3) is 5.81. The lowest BCUT2D eigenvalue weighted by molar-refractivity contribution is 0.0746. The van der Waals surface area contributed by atoms with E-state index in [4.69, 9.17) is 0 Å². The van der Waals surface area contributed by atoms with E-state index in [1.165, 1.54) is 11.9 Å². The first-order valence-electron chi connectivity index (χ1n) is 10.6. The van der Waals surface area contributed by atoms with Crippen LogP contribution in [0.25, 0.3) is 0 Å². The van der Waals surface area contributed by atoms with Crippen molar-refractivity contribution in [2.45, 2.75) is 6.42 Å². The van der Waals surface area contributed by atoms with Crippen molar-refractivity contribution in [1.29, 1.82) is 0 Å². The molecule has 2 heterocycles. The van der Waals surface area contributed by atoms with Crippen LogP contribution < -0.4 is 9.62 Å². The lowest BCUT2D eigenvalue weighted by Gasteiger charge is -2.36. The highest BCUT2D eigenvalue weighted by Gasteiger charge is 2.23. The van der Waals surface area contributed by atoms with Crippen molar-refractivity contribution in [3.8, 4) is 0 Å². The number of piperazine rings is 1. The van der Waals surface area contributed by atoms with Crippen LogP contribution in [0.1, 0.15) is 27.1 Å². The van der Waals surface area contributed by atoms with Gasteiger partial charge in [-0.05, 0) is 70.5 Å². The summed E-state index contributed by atoms with van der Waals surface area (Å²) in [5.41, 5.74) is 2.30. The third-order valence-corrected chi connectivity index (χ3v) is 6.90. The zero-order chi connectivity index (χ0) is 22.3. The monoisotopic (exact) mass is 512 g/mol. The van der Waals surface area contributed by atoms with Crippen molar-refractivity contribution in [2.75, 3.05) is 36.8 Å². The molecule has 1 saturated heterocycles. The maximum atomic E-state index is 12.7. The molecule has 1 aliphatic heterocycles. The Labute approximate surface area is 201 Å². The van der Waals surface area contributed by atoms with Gasteiger partial charge in [-0.15, -0.1) is 0 Å². The first-order valence-corrected chi connectivity index (χ1v) is 12.4. The molecule has 8 heteroatoms. The maximum absolute atomic E-state index is 12.7. The predicted molar refractivity (Wildman–Crippen MR) is 133 cm³/mol. The number of aromatic nitrogens is 1. The van der Waals surface area contributed by atoms with Crippen LogP contribution in [0.4, 0.5) is 5.69 Å². The van der Waals surface area contributed by atoms with Gasteiger partial charge in [0.1, 0.15) is 0 Å². The van der Waals surface area contributed by atoms with Gasteiger partial charge < -0.3 is 9.80 Å². The van der Waals surface area contributed by atoms with Crippen LogP contribution in [0.3, 0.4) is 0 Å². The summed E-state index contributed by atoms with van der Waals surface area (Å²) >= 11 is 4.82. The third-order valence-electron chi connectivity index (χ3n) is 5.54. The lowest BCUT2D eigenvalue weighted by atomic mass is 10.0. The molecular formula is C24H25BrN4O2S. The minimum Gasteiger partial charge on any atom is -0.368 e. The molecule has 0 saturated carbocycles. The highest BCUT2D eigenvalue weighted by molar-refractivity contribution is 9.10. The van der Waals surface area contributed by atoms with E-state index in [0.29, 0.717) is 30.1 Å². The standard InChI is InChI=1S/C24H25BrN4O2S/c25-21-14-20(15-26-16-21)24(31)29-12-10-28(11-13-29)22-8-6-19(7-9-22)23(30)27-32-17-18-4-2-1-3-5-18/h1-4,6-9,14-16,18H,5,10-13,17H2,(H,27,30). The fourth-order valence-corrected chi connectivity index (χ4v) is 4.89. The number of anilines is 1. The van der Waals surface area contributed by atoms with E-state index in [1.54, 1.807) is 18.5 Å². The summed E-state index contributed by atoms with van der Waals surface area (Å²) < 4.78 is 3.74. The van der Waals surface area contributed by atoms with E-state index in [2.05, 4.69) is 54.8 Å². The van der Waals surface area contributed by atoms with E-state index in [1.807, 2.05) is 29.2 Å². The zero-order valence-electron chi connectivity index (χ0n) is 17.6. The van der Waals surface area contributed by atoms with Gasteiger partial charge in [-0.1, -0.05) is 24.3 Å². The summed E-state index contributed by atoms with van der Waals surface area (Å²) in [4.78, 5) is 33.3. The molecular weight excluding hydrogens is 488 g/mol. The molecule has 0 bridgehead atoms. The average Bonchev–Trinajstić information content (AvgIpc) is 2.84. The number of carbonyl (C=O) groups excluding carboxylic acids is 2. The van der Waals surface area contributed by atoms with E-state index in [9.17, 15) is 9.59 Å². The maximum Gasteiger partial charge on any atom is 0.261 e. The summed E-state index contributed by atoms with van der Waals surface area (Å²) in [7, 11) is 0. The van der Waals surface area contributed by atoms with Crippen molar-refractivity contribution < 1.29 is 9.59 Å². The van der Waals surface area contributed by atoms with Gasteiger partial charge in [0, 0.05) is 60.0 Å². The SMILES string of the molecule is O=C(NSCC1C=CC=CC1)c1ccc(N2CCN(C(=O)c3cncc(Br)c3)CC2)cc1. The van der Waals surface area contributed by atoms with Crippen LogP contribution in [-0.4, -0.2) is 53.6 Å². The zero-order valence-corrected chi connectivity index (χ0v) is 20.0. The van der Waals surface area contributed by atoms with Crippen LogP contribution in [0, 0.1) is 5.92 Å². The summed E-state index contributed by atoms with van der Waals surface area (Å²) in [6.45, 7) is 2.79. The first kappa shape index (κ1) is 22.6. The van der Waals surface area contributed by atoms with E-state index >= 15 is 0 Å². The lowest BCUT2D eigenvalue weighted by Crippen LogP contribution is -2.48. The second-order valence-electron chi connectivity index (χ2n) is 7.77. The molecule has 1 aromatic heterocycles. The molecule has 1 fully saturated rings. The molecule has 2 amide bonds. The number of pyridine rings is 1. The van der Waals surface area contributed by atoms with Gasteiger partial charge >= 0.3 is 0 Å². The van der Waals surface area contributed by atoms with Crippen LogP contribution >= 0.6 is 27.9 Å². The van der Waals surface area contributed by atoms with E-state index in [-0.39, 0.29) is 11.8 Å². The Morgan fingerprint density at radius 2 is 1.84 bits per heavy atom. The number of allylic oxidation sites excluding steroid dienone is 4. The van der Waals surface area contributed by atoms with Gasteiger partial charge in [-0.2, -0.15) is 0 Å². The molecule has 166 valence electrons. The second-order valence-corrected chi connectivity index (χ2v) is 9.51. The Kier molecular flexibility index (Phi) is 7.65. The molecule has 1 N–H and O–H groups in total. The van der Waals surface area contributed by atoms with Crippen LogP contribution in [0.15, 0.2) is 71.5 Å². The Morgan fingerprint density at radius 3 is 2.53 bits per heavy atom. The highest BCUT2D eigenvalue weighted by Crippen LogP contribution is 2.20. The number of hydrogen-bond acceptors (Lipinski definition) is 5. The molecule has 0 spiro atoms. The average molecular weight is 513 g/mol. The van der Waals surface area contributed by atoms with E-state index < -0.39 is 0 Å². The fourth-order valence-electron chi connectivity index (χ4n) is 3.73. The van der Waals surface area contributed by atoms with Crippen LogP contribution in [0.5, 0.6) is 0 Å². The van der Waals surface area contributed by atoms with Gasteiger partial charge in [-0.3, -0.25) is 19.3 Å². The number of hydrogen-bond donors (Lipinski definition) is 1. The minimum atomic E-state index is -0.0741. The summed E-state index contributed by atoms with van der Waals surface area (Å²) in [5, 5.41) is 0. The fraction of sp³-hybridized carbons (Fsp3) is 0.292. The van der Waals surface area contributed by atoms with Crippen molar-refractivity contribution >= 4 is 45.4 Å². The summed E-state index contributed by atoms with van der Waals surface area (Å²) in [6, 6.07) is 9.47. The Balaban J connectivity index is 1.25. The molecule has 32 heavy (non-hydrogen) atoms. The van der Waals surface area contributed by atoms with Crippen molar-refractivity contribution in [3.63, 3.8) is 0 Å². The van der Waals surface area contributed by atoms with Gasteiger partial charge in [0.25, 0.3) is 11.8 Å². The topological polar surface area (TPSA) is 65.5 Å². The molecule has 2 aliphatic rings. The largest absolute Gasteiger partial charge is 0.368 e. The molecule has 0 radical (unpaired) electrons. The van der Waals surface area contributed by atoms with Gasteiger partial charge in [-0.25, -0.2) is 0 Å². The molecule has 1 atom stereocenters. The number of rotatable bonds is 6. The Bertz CT molecular complexity index is 1020. The van der Waals surface area contributed by atoms with Crippen molar-refractivity contribution in [2.24, 2.45) is 5.92 Å². The second kappa shape index (κ2) is 10.8. The van der Waals surface area contributed by atoms with Crippen LogP contribution in [0.2, 0.25) is 0 Å². The molecule has 4 rings (SSSR count). The quantitative estimate of drug-likeness (QED) is 0.584. The summed E-state index contributed by atoms with van der Waals surface area (Å²) in [6.07, 6.45) is 12.7. The number of amides is 2. The minimum absolute atomic E-state index is 0.00251. The van der Waals surface area contributed by atoms with E-state index in [0.717, 1.165) is 35.4 Å². The van der Waals surface area contributed by atoms with Crippen molar-refractivity contribution in [3.05, 3.63) is 82.6 Å². The normalized spacial score (nSPS) is 18.0. The molecule has 1 unspecified atom stereocenters. The van der Waals surface area contributed by atoms with Crippen molar-refractivity contribution in [1.82, 2.24) is 14.6 Å². The number of halogens is 1. The van der Waals surface area contributed by atoms with Gasteiger partial charge in [0.15, 0.2) is 0 Å². The predicted octanol–water partition coefficient (Wildman–Crippen LogP) is 4.32.